The standard InChI is InChI=1S/C11H10O2S/c1-7-4-9-3-2-8(6-14)5-10(9)11(12)13-7/h2-5,14H,6H2,1H3. The molecular weight excluding hydrogens is 196 g/mol. The van der Waals surface area contributed by atoms with Crippen LogP contribution in [0.3, 0.4) is 0 Å². The summed E-state index contributed by atoms with van der Waals surface area (Å²) in [6.45, 7) is 1.77. The van der Waals surface area contributed by atoms with Crippen molar-refractivity contribution in [2.45, 2.75) is 12.7 Å². The zero-order chi connectivity index (χ0) is 10.1. The summed E-state index contributed by atoms with van der Waals surface area (Å²) in [5.74, 6) is 1.27. The van der Waals surface area contributed by atoms with Crippen LogP contribution < -0.4 is 5.63 Å². The molecule has 3 heteroatoms. The molecule has 1 aromatic carbocycles. The lowest BCUT2D eigenvalue weighted by atomic mass is 10.1. The molecule has 1 aromatic heterocycles. The number of aryl methyl sites for hydroxylation is 1. The van der Waals surface area contributed by atoms with Gasteiger partial charge in [-0.05, 0) is 30.0 Å². The third-order valence-corrected chi connectivity index (χ3v) is 2.50. The first-order valence-corrected chi connectivity index (χ1v) is 4.98. The first kappa shape index (κ1) is 9.34. The number of thiol groups is 1. The molecule has 0 aliphatic heterocycles. The fraction of sp³-hybridized carbons (Fsp3) is 0.182. The zero-order valence-electron chi connectivity index (χ0n) is 7.78. The van der Waals surface area contributed by atoms with E-state index in [2.05, 4.69) is 12.6 Å². The topological polar surface area (TPSA) is 30.2 Å². The highest BCUT2D eigenvalue weighted by atomic mass is 32.1. The van der Waals surface area contributed by atoms with E-state index in [0.29, 0.717) is 16.9 Å². The fourth-order valence-electron chi connectivity index (χ4n) is 1.45. The third kappa shape index (κ3) is 1.55. The van der Waals surface area contributed by atoms with E-state index < -0.39 is 0 Å². The fourth-order valence-corrected chi connectivity index (χ4v) is 1.65. The minimum absolute atomic E-state index is 0.274. The van der Waals surface area contributed by atoms with Crippen LogP contribution in [0.4, 0.5) is 0 Å². The predicted octanol–water partition coefficient (Wildman–Crippen LogP) is 2.53. The molecular formula is C11H10O2S. The van der Waals surface area contributed by atoms with E-state index in [1.807, 2.05) is 24.3 Å². The number of fused-ring (bicyclic) bond motifs is 1. The van der Waals surface area contributed by atoms with E-state index in [1.54, 1.807) is 6.92 Å². The van der Waals surface area contributed by atoms with Gasteiger partial charge in [-0.2, -0.15) is 12.6 Å². The number of hydrogen-bond acceptors (Lipinski definition) is 3. The largest absolute Gasteiger partial charge is 0.428 e. The van der Waals surface area contributed by atoms with Crippen molar-refractivity contribution < 1.29 is 4.42 Å². The lowest BCUT2D eigenvalue weighted by molar-refractivity contribution is 0.488. The van der Waals surface area contributed by atoms with E-state index in [-0.39, 0.29) is 5.63 Å². The summed E-state index contributed by atoms with van der Waals surface area (Å²) < 4.78 is 5.01. The molecule has 0 N–H and O–H groups in total. The molecule has 2 aromatic rings. The van der Waals surface area contributed by atoms with Crippen LogP contribution in [-0.4, -0.2) is 0 Å². The molecule has 1 heterocycles. The maximum atomic E-state index is 11.5. The van der Waals surface area contributed by atoms with Gasteiger partial charge in [0.15, 0.2) is 0 Å². The summed E-state index contributed by atoms with van der Waals surface area (Å²) in [4.78, 5) is 11.5. The Morgan fingerprint density at radius 3 is 2.86 bits per heavy atom. The summed E-state index contributed by atoms with van der Waals surface area (Å²) in [6.07, 6.45) is 0. The van der Waals surface area contributed by atoms with Gasteiger partial charge in [-0.3, -0.25) is 0 Å². The second-order valence-corrected chi connectivity index (χ2v) is 3.54. The second kappa shape index (κ2) is 3.50. The highest BCUT2D eigenvalue weighted by Crippen LogP contribution is 2.15. The Kier molecular flexibility index (Phi) is 2.33. The van der Waals surface area contributed by atoms with Crippen LogP contribution in [0.15, 0.2) is 33.5 Å². The lowest BCUT2D eigenvalue weighted by Gasteiger charge is -2.00. The molecule has 0 bridgehead atoms. The monoisotopic (exact) mass is 206 g/mol. The Hall–Kier alpha value is -1.22. The van der Waals surface area contributed by atoms with Crippen molar-refractivity contribution in [3.63, 3.8) is 0 Å². The van der Waals surface area contributed by atoms with E-state index in [4.69, 9.17) is 4.42 Å². The normalized spacial score (nSPS) is 10.7. The lowest BCUT2D eigenvalue weighted by Crippen LogP contribution is -2.00. The van der Waals surface area contributed by atoms with E-state index >= 15 is 0 Å². The summed E-state index contributed by atoms with van der Waals surface area (Å²) >= 11 is 4.16. The van der Waals surface area contributed by atoms with Crippen molar-refractivity contribution in [1.82, 2.24) is 0 Å². The molecule has 0 amide bonds. The van der Waals surface area contributed by atoms with Crippen LogP contribution in [0.2, 0.25) is 0 Å². The van der Waals surface area contributed by atoms with Gasteiger partial charge < -0.3 is 4.42 Å². The Labute approximate surface area is 87.0 Å². The molecule has 0 unspecified atom stereocenters. The van der Waals surface area contributed by atoms with Gasteiger partial charge in [-0.15, -0.1) is 0 Å². The molecule has 0 fully saturated rings. The summed E-state index contributed by atoms with van der Waals surface area (Å²) in [7, 11) is 0. The predicted molar refractivity (Wildman–Crippen MR) is 59.9 cm³/mol. The van der Waals surface area contributed by atoms with Crippen LogP contribution in [0.25, 0.3) is 10.8 Å². The smallest absolute Gasteiger partial charge is 0.343 e. The highest BCUT2D eigenvalue weighted by molar-refractivity contribution is 7.79. The molecule has 0 aliphatic rings. The quantitative estimate of drug-likeness (QED) is 0.727. The van der Waals surface area contributed by atoms with E-state index in [9.17, 15) is 4.79 Å². The average molecular weight is 206 g/mol. The first-order chi connectivity index (χ1) is 6.70. The first-order valence-electron chi connectivity index (χ1n) is 4.35. The van der Waals surface area contributed by atoms with Crippen molar-refractivity contribution in [2.24, 2.45) is 0 Å². The molecule has 2 nitrogen and oxygen atoms in total. The molecule has 0 aliphatic carbocycles. The van der Waals surface area contributed by atoms with Crippen LogP contribution in [-0.2, 0) is 5.75 Å². The van der Waals surface area contributed by atoms with Gasteiger partial charge in [0.25, 0.3) is 0 Å². The van der Waals surface area contributed by atoms with Crippen molar-refractivity contribution in [3.05, 3.63) is 46.0 Å². The second-order valence-electron chi connectivity index (χ2n) is 3.22. The van der Waals surface area contributed by atoms with Crippen molar-refractivity contribution in [3.8, 4) is 0 Å². The van der Waals surface area contributed by atoms with Crippen molar-refractivity contribution in [1.29, 1.82) is 0 Å². The summed E-state index contributed by atoms with van der Waals surface area (Å²) in [5, 5.41) is 1.55. The highest BCUT2D eigenvalue weighted by Gasteiger charge is 2.02. The zero-order valence-corrected chi connectivity index (χ0v) is 8.67. The van der Waals surface area contributed by atoms with Crippen LogP contribution in [0.5, 0.6) is 0 Å². The van der Waals surface area contributed by atoms with Gasteiger partial charge in [0.05, 0.1) is 5.39 Å². The van der Waals surface area contributed by atoms with Gasteiger partial charge in [0.2, 0.25) is 0 Å². The van der Waals surface area contributed by atoms with E-state index in [0.717, 1.165) is 10.9 Å². The number of hydrogen-bond donors (Lipinski definition) is 1. The van der Waals surface area contributed by atoms with Crippen LogP contribution in [0, 0.1) is 6.92 Å². The molecule has 0 saturated heterocycles. The number of benzene rings is 1. The Morgan fingerprint density at radius 2 is 2.14 bits per heavy atom. The molecule has 72 valence electrons. The molecule has 0 atom stereocenters. The third-order valence-electron chi connectivity index (χ3n) is 2.13. The summed E-state index contributed by atoms with van der Waals surface area (Å²) in [6, 6.07) is 7.58. The van der Waals surface area contributed by atoms with Gasteiger partial charge >= 0.3 is 5.63 Å². The molecule has 0 radical (unpaired) electrons. The molecule has 0 saturated carbocycles. The number of rotatable bonds is 1. The van der Waals surface area contributed by atoms with Gasteiger partial charge in [-0.25, -0.2) is 4.79 Å². The van der Waals surface area contributed by atoms with Crippen LogP contribution >= 0.6 is 12.6 Å². The maximum absolute atomic E-state index is 11.5. The van der Waals surface area contributed by atoms with Crippen LogP contribution in [0.1, 0.15) is 11.3 Å². The minimum atomic E-state index is -0.274. The maximum Gasteiger partial charge on any atom is 0.343 e. The Balaban J connectivity index is 2.82. The Morgan fingerprint density at radius 1 is 1.36 bits per heavy atom. The van der Waals surface area contributed by atoms with Crippen molar-refractivity contribution >= 4 is 23.4 Å². The molecule has 2 rings (SSSR count). The average Bonchev–Trinajstić information content (AvgIpc) is 2.17. The molecule has 0 spiro atoms. The van der Waals surface area contributed by atoms with Gasteiger partial charge in [0, 0.05) is 5.75 Å². The SMILES string of the molecule is Cc1cc2ccc(CS)cc2c(=O)o1. The summed E-state index contributed by atoms with van der Waals surface area (Å²) in [5.41, 5.74) is 0.751. The van der Waals surface area contributed by atoms with E-state index in [1.165, 1.54) is 0 Å². The molecule has 14 heavy (non-hydrogen) atoms. The van der Waals surface area contributed by atoms with Gasteiger partial charge in [0.1, 0.15) is 5.76 Å². The Bertz CT molecular complexity index is 528. The van der Waals surface area contributed by atoms with Gasteiger partial charge in [-0.1, -0.05) is 12.1 Å². The van der Waals surface area contributed by atoms with Crippen molar-refractivity contribution in [2.75, 3.05) is 0 Å². The minimum Gasteiger partial charge on any atom is -0.428 e.